The molecule has 0 spiro atoms. The molecular formula is C13H27NO2. The number of hydrogen-bond donors (Lipinski definition) is 2. The van der Waals surface area contributed by atoms with Crippen LogP contribution in [0.25, 0.3) is 0 Å². The molecule has 0 aromatic carbocycles. The molecule has 0 aliphatic heterocycles. The molecule has 2 N–H and O–H groups in total. The normalized spacial score (nSPS) is 27.9. The van der Waals surface area contributed by atoms with Gasteiger partial charge >= 0.3 is 0 Å². The molecule has 1 aliphatic rings. The van der Waals surface area contributed by atoms with E-state index in [-0.39, 0.29) is 6.10 Å². The summed E-state index contributed by atoms with van der Waals surface area (Å²) in [5.74, 6) is 0. The third-order valence-electron chi connectivity index (χ3n) is 3.25. The highest BCUT2D eigenvalue weighted by molar-refractivity contribution is 4.77. The third-order valence-corrected chi connectivity index (χ3v) is 3.25. The van der Waals surface area contributed by atoms with Crippen molar-refractivity contribution in [1.29, 1.82) is 0 Å². The molecule has 0 radical (unpaired) electrons. The molecule has 0 amide bonds. The van der Waals surface area contributed by atoms with Gasteiger partial charge in [0.2, 0.25) is 0 Å². The van der Waals surface area contributed by atoms with Crippen molar-refractivity contribution in [2.75, 3.05) is 13.2 Å². The van der Waals surface area contributed by atoms with Gasteiger partial charge in [0.15, 0.2) is 0 Å². The largest absolute Gasteiger partial charge is 0.393 e. The second kappa shape index (κ2) is 8.04. The molecule has 0 aromatic rings. The van der Waals surface area contributed by atoms with E-state index in [1.54, 1.807) is 0 Å². The Balaban J connectivity index is 2.03. The Bertz CT molecular complexity index is 165. The SMILES string of the molecule is CCCNC1CCC(OCCC(C)O)CC1. The molecule has 1 atom stereocenters. The third kappa shape index (κ3) is 5.83. The van der Waals surface area contributed by atoms with Crippen LogP contribution in [0.5, 0.6) is 0 Å². The number of nitrogens with one attached hydrogen (secondary N) is 1. The minimum Gasteiger partial charge on any atom is -0.393 e. The van der Waals surface area contributed by atoms with Crippen LogP contribution in [0.2, 0.25) is 0 Å². The fourth-order valence-electron chi connectivity index (χ4n) is 2.19. The van der Waals surface area contributed by atoms with Crippen LogP contribution in [0.15, 0.2) is 0 Å². The second-order valence-electron chi connectivity index (χ2n) is 4.94. The van der Waals surface area contributed by atoms with Crippen LogP contribution in [-0.2, 0) is 4.74 Å². The first-order valence-electron chi connectivity index (χ1n) is 6.75. The summed E-state index contributed by atoms with van der Waals surface area (Å²) < 4.78 is 5.76. The highest BCUT2D eigenvalue weighted by Crippen LogP contribution is 2.21. The minimum absolute atomic E-state index is 0.234. The number of rotatable bonds is 7. The molecule has 1 saturated carbocycles. The van der Waals surface area contributed by atoms with Crippen molar-refractivity contribution in [2.45, 2.75) is 70.6 Å². The Morgan fingerprint density at radius 2 is 2.00 bits per heavy atom. The van der Waals surface area contributed by atoms with Crippen molar-refractivity contribution in [3.63, 3.8) is 0 Å². The van der Waals surface area contributed by atoms with Crippen molar-refractivity contribution in [3.05, 3.63) is 0 Å². The van der Waals surface area contributed by atoms with Crippen LogP contribution < -0.4 is 5.32 Å². The Kier molecular flexibility index (Phi) is 7.01. The molecule has 0 saturated heterocycles. The highest BCUT2D eigenvalue weighted by Gasteiger charge is 2.20. The van der Waals surface area contributed by atoms with Crippen molar-refractivity contribution in [1.82, 2.24) is 5.32 Å². The topological polar surface area (TPSA) is 41.5 Å². The highest BCUT2D eigenvalue weighted by atomic mass is 16.5. The van der Waals surface area contributed by atoms with Crippen molar-refractivity contribution < 1.29 is 9.84 Å². The zero-order chi connectivity index (χ0) is 11.8. The van der Waals surface area contributed by atoms with Crippen molar-refractivity contribution in [3.8, 4) is 0 Å². The molecule has 1 rings (SSSR count). The first-order valence-corrected chi connectivity index (χ1v) is 6.75. The minimum atomic E-state index is -0.234. The summed E-state index contributed by atoms with van der Waals surface area (Å²) in [5, 5.41) is 12.7. The average Bonchev–Trinajstić information content (AvgIpc) is 2.27. The standard InChI is InChI=1S/C13H27NO2/c1-3-9-14-12-4-6-13(7-5-12)16-10-8-11(2)15/h11-15H,3-10H2,1-2H3. The maximum Gasteiger partial charge on any atom is 0.0576 e. The summed E-state index contributed by atoms with van der Waals surface area (Å²) in [6.45, 7) is 5.86. The Hall–Kier alpha value is -0.120. The van der Waals surface area contributed by atoms with E-state index in [0.717, 1.165) is 13.0 Å². The summed E-state index contributed by atoms with van der Waals surface area (Å²) in [4.78, 5) is 0. The van der Waals surface area contributed by atoms with Gasteiger partial charge in [-0.3, -0.25) is 0 Å². The van der Waals surface area contributed by atoms with E-state index in [2.05, 4.69) is 12.2 Å². The van der Waals surface area contributed by atoms with Gasteiger partial charge in [0, 0.05) is 12.6 Å². The van der Waals surface area contributed by atoms with Crippen LogP contribution in [0.4, 0.5) is 0 Å². The maximum atomic E-state index is 9.13. The Labute approximate surface area is 99.6 Å². The molecule has 1 fully saturated rings. The Morgan fingerprint density at radius 1 is 1.31 bits per heavy atom. The van der Waals surface area contributed by atoms with Crippen LogP contribution >= 0.6 is 0 Å². The first kappa shape index (κ1) is 13.9. The summed E-state index contributed by atoms with van der Waals surface area (Å²) in [5.41, 5.74) is 0. The van der Waals surface area contributed by atoms with Crippen molar-refractivity contribution in [2.24, 2.45) is 0 Å². The van der Waals surface area contributed by atoms with E-state index in [4.69, 9.17) is 9.84 Å². The van der Waals surface area contributed by atoms with Gasteiger partial charge < -0.3 is 15.2 Å². The van der Waals surface area contributed by atoms with E-state index in [1.165, 1.54) is 32.1 Å². The average molecular weight is 229 g/mol. The lowest BCUT2D eigenvalue weighted by atomic mass is 9.93. The molecule has 16 heavy (non-hydrogen) atoms. The van der Waals surface area contributed by atoms with Gasteiger partial charge in [0.25, 0.3) is 0 Å². The van der Waals surface area contributed by atoms with E-state index >= 15 is 0 Å². The molecule has 96 valence electrons. The van der Waals surface area contributed by atoms with Gasteiger partial charge in [-0.05, 0) is 52.0 Å². The zero-order valence-electron chi connectivity index (χ0n) is 10.7. The predicted octanol–water partition coefficient (Wildman–Crippen LogP) is 2.08. The molecule has 0 bridgehead atoms. The van der Waals surface area contributed by atoms with Crippen LogP contribution in [0.3, 0.4) is 0 Å². The molecule has 3 nitrogen and oxygen atoms in total. The van der Waals surface area contributed by atoms with Crippen LogP contribution in [-0.4, -0.2) is 36.5 Å². The fraction of sp³-hybridized carbons (Fsp3) is 1.00. The second-order valence-corrected chi connectivity index (χ2v) is 4.94. The predicted molar refractivity (Wildman–Crippen MR) is 66.6 cm³/mol. The summed E-state index contributed by atoms with van der Waals surface area (Å²) in [6, 6.07) is 0.705. The lowest BCUT2D eigenvalue weighted by Gasteiger charge is -2.29. The van der Waals surface area contributed by atoms with Gasteiger partial charge in [-0.15, -0.1) is 0 Å². The van der Waals surface area contributed by atoms with Crippen LogP contribution in [0.1, 0.15) is 52.4 Å². The molecule has 1 unspecified atom stereocenters. The van der Waals surface area contributed by atoms with Gasteiger partial charge in [-0.2, -0.15) is 0 Å². The van der Waals surface area contributed by atoms with E-state index < -0.39 is 0 Å². The monoisotopic (exact) mass is 229 g/mol. The van der Waals surface area contributed by atoms with E-state index in [9.17, 15) is 0 Å². The quantitative estimate of drug-likeness (QED) is 0.702. The van der Waals surface area contributed by atoms with Gasteiger partial charge in [-0.1, -0.05) is 6.92 Å². The van der Waals surface area contributed by atoms with Gasteiger partial charge in [0.05, 0.1) is 12.2 Å². The molecule has 1 aliphatic carbocycles. The number of aliphatic hydroxyl groups is 1. The lowest BCUT2D eigenvalue weighted by Crippen LogP contribution is -2.35. The molecule has 3 heteroatoms. The van der Waals surface area contributed by atoms with Gasteiger partial charge in [0.1, 0.15) is 0 Å². The molecule has 0 aromatic heterocycles. The van der Waals surface area contributed by atoms with Crippen LogP contribution in [0, 0.1) is 0 Å². The zero-order valence-corrected chi connectivity index (χ0v) is 10.7. The first-order chi connectivity index (χ1) is 7.72. The number of aliphatic hydroxyl groups excluding tert-OH is 1. The molecular weight excluding hydrogens is 202 g/mol. The fourth-order valence-corrected chi connectivity index (χ4v) is 2.19. The van der Waals surface area contributed by atoms with E-state index in [0.29, 0.717) is 18.8 Å². The maximum absolute atomic E-state index is 9.13. The summed E-state index contributed by atoms with van der Waals surface area (Å²) in [7, 11) is 0. The lowest BCUT2D eigenvalue weighted by molar-refractivity contribution is 0.00720. The smallest absolute Gasteiger partial charge is 0.0576 e. The number of hydrogen-bond acceptors (Lipinski definition) is 3. The summed E-state index contributed by atoms with van der Waals surface area (Å²) >= 11 is 0. The van der Waals surface area contributed by atoms with Crippen molar-refractivity contribution >= 4 is 0 Å². The summed E-state index contributed by atoms with van der Waals surface area (Å²) in [6.07, 6.45) is 6.97. The molecule has 0 heterocycles. The van der Waals surface area contributed by atoms with E-state index in [1.807, 2.05) is 6.92 Å². The van der Waals surface area contributed by atoms with Gasteiger partial charge in [-0.25, -0.2) is 0 Å². The Morgan fingerprint density at radius 3 is 2.56 bits per heavy atom. The number of ether oxygens (including phenoxy) is 1.